The van der Waals surface area contributed by atoms with Gasteiger partial charge >= 0.3 is 0 Å². The largest absolute Gasteiger partial charge is 0.332 e. The van der Waals surface area contributed by atoms with E-state index in [1.165, 1.54) is 12.3 Å². The standard InChI is InChI=1S/C12H14N2O2/c1-2-7-14(10-4-5-10)12(16)9-3-6-11(15)13-8-9/h2-3,6,8,10H,1,4-5,7H2,(H,13,15). The van der Waals surface area contributed by atoms with Gasteiger partial charge in [-0.05, 0) is 18.9 Å². The van der Waals surface area contributed by atoms with Crippen LogP contribution in [-0.2, 0) is 0 Å². The van der Waals surface area contributed by atoms with E-state index in [0.717, 1.165) is 12.8 Å². The summed E-state index contributed by atoms with van der Waals surface area (Å²) in [6, 6.07) is 3.27. The molecule has 1 aromatic heterocycles. The second kappa shape index (κ2) is 4.35. The Morgan fingerprint density at radius 2 is 2.31 bits per heavy atom. The molecule has 4 nitrogen and oxygen atoms in total. The van der Waals surface area contributed by atoms with E-state index in [9.17, 15) is 9.59 Å². The van der Waals surface area contributed by atoms with Crippen LogP contribution in [0.4, 0.5) is 0 Å². The average Bonchev–Trinajstić information content (AvgIpc) is 3.10. The number of aromatic amines is 1. The molecule has 1 heterocycles. The highest BCUT2D eigenvalue weighted by Gasteiger charge is 2.32. The number of rotatable bonds is 4. The van der Waals surface area contributed by atoms with E-state index >= 15 is 0 Å². The number of amides is 1. The smallest absolute Gasteiger partial charge is 0.255 e. The van der Waals surface area contributed by atoms with Gasteiger partial charge in [0.2, 0.25) is 5.56 Å². The molecule has 2 rings (SSSR count). The normalized spacial score (nSPS) is 14.5. The number of hydrogen-bond donors (Lipinski definition) is 1. The monoisotopic (exact) mass is 218 g/mol. The Balaban J connectivity index is 2.18. The van der Waals surface area contributed by atoms with Crippen molar-refractivity contribution in [2.45, 2.75) is 18.9 Å². The second-order valence-electron chi connectivity index (χ2n) is 3.92. The fraction of sp³-hybridized carbons (Fsp3) is 0.333. The number of H-pyrrole nitrogens is 1. The molecule has 1 aliphatic carbocycles. The van der Waals surface area contributed by atoms with Gasteiger partial charge in [0.25, 0.3) is 5.91 Å². The van der Waals surface area contributed by atoms with Crippen LogP contribution in [0.1, 0.15) is 23.2 Å². The van der Waals surface area contributed by atoms with Gasteiger partial charge in [-0.1, -0.05) is 6.08 Å². The van der Waals surface area contributed by atoms with Crippen LogP contribution in [0.2, 0.25) is 0 Å². The molecule has 0 saturated heterocycles. The average molecular weight is 218 g/mol. The van der Waals surface area contributed by atoms with Gasteiger partial charge in [-0.15, -0.1) is 6.58 Å². The summed E-state index contributed by atoms with van der Waals surface area (Å²) in [5.74, 6) is -0.0429. The fourth-order valence-electron chi connectivity index (χ4n) is 1.63. The molecule has 0 radical (unpaired) electrons. The molecule has 1 aliphatic rings. The topological polar surface area (TPSA) is 53.2 Å². The maximum absolute atomic E-state index is 12.1. The highest BCUT2D eigenvalue weighted by Crippen LogP contribution is 2.27. The minimum atomic E-state index is -0.196. The lowest BCUT2D eigenvalue weighted by Gasteiger charge is -2.20. The molecule has 4 heteroatoms. The van der Waals surface area contributed by atoms with Crippen LogP contribution >= 0.6 is 0 Å². The van der Waals surface area contributed by atoms with Crippen molar-refractivity contribution in [2.24, 2.45) is 0 Å². The molecule has 1 N–H and O–H groups in total. The lowest BCUT2D eigenvalue weighted by Crippen LogP contribution is -2.33. The number of nitrogens with zero attached hydrogens (tertiary/aromatic N) is 1. The Morgan fingerprint density at radius 3 is 2.81 bits per heavy atom. The van der Waals surface area contributed by atoms with Gasteiger partial charge in [-0.2, -0.15) is 0 Å². The van der Waals surface area contributed by atoms with Crippen LogP contribution in [0.3, 0.4) is 0 Å². The minimum absolute atomic E-state index is 0.0429. The number of nitrogens with one attached hydrogen (secondary N) is 1. The van der Waals surface area contributed by atoms with Gasteiger partial charge in [-0.3, -0.25) is 9.59 Å². The molecule has 0 spiro atoms. The lowest BCUT2D eigenvalue weighted by molar-refractivity contribution is 0.0762. The van der Waals surface area contributed by atoms with E-state index in [2.05, 4.69) is 11.6 Å². The number of hydrogen-bond acceptors (Lipinski definition) is 2. The van der Waals surface area contributed by atoms with Gasteiger partial charge in [-0.25, -0.2) is 0 Å². The zero-order valence-electron chi connectivity index (χ0n) is 8.98. The molecule has 0 aromatic carbocycles. The summed E-state index contributed by atoms with van der Waals surface area (Å²) in [5, 5.41) is 0. The van der Waals surface area contributed by atoms with E-state index in [4.69, 9.17) is 0 Å². The van der Waals surface area contributed by atoms with Crippen LogP contribution in [0.15, 0.2) is 35.8 Å². The van der Waals surface area contributed by atoms with Crippen molar-refractivity contribution < 1.29 is 4.79 Å². The van der Waals surface area contributed by atoms with Crippen molar-refractivity contribution in [3.8, 4) is 0 Å². The van der Waals surface area contributed by atoms with Crippen LogP contribution in [0.5, 0.6) is 0 Å². The summed E-state index contributed by atoms with van der Waals surface area (Å²) in [6.45, 7) is 4.21. The maximum Gasteiger partial charge on any atom is 0.255 e. The molecule has 1 amide bonds. The van der Waals surface area contributed by atoms with E-state index in [1.807, 2.05) is 0 Å². The van der Waals surface area contributed by atoms with E-state index in [1.54, 1.807) is 17.0 Å². The van der Waals surface area contributed by atoms with E-state index in [0.29, 0.717) is 18.2 Å². The second-order valence-corrected chi connectivity index (χ2v) is 3.92. The van der Waals surface area contributed by atoms with Crippen molar-refractivity contribution in [1.82, 2.24) is 9.88 Å². The summed E-state index contributed by atoms with van der Waals surface area (Å²) in [6.07, 6.45) is 5.30. The third-order valence-corrected chi connectivity index (χ3v) is 2.61. The van der Waals surface area contributed by atoms with Crippen LogP contribution < -0.4 is 5.56 Å². The molecular formula is C12H14N2O2. The van der Waals surface area contributed by atoms with Crippen molar-refractivity contribution in [3.63, 3.8) is 0 Å². The minimum Gasteiger partial charge on any atom is -0.332 e. The molecule has 1 fully saturated rings. The maximum atomic E-state index is 12.1. The van der Waals surface area contributed by atoms with Gasteiger partial charge in [0.1, 0.15) is 0 Å². The van der Waals surface area contributed by atoms with E-state index < -0.39 is 0 Å². The first-order valence-corrected chi connectivity index (χ1v) is 5.33. The molecular weight excluding hydrogens is 204 g/mol. The molecule has 0 aliphatic heterocycles. The zero-order chi connectivity index (χ0) is 11.5. The summed E-state index contributed by atoms with van der Waals surface area (Å²) in [5.41, 5.74) is 0.326. The number of carbonyl (C=O) groups is 1. The van der Waals surface area contributed by atoms with Crippen molar-refractivity contribution in [3.05, 3.63) is 46.9 Å². The van der Waals surface area contributed by atoms with Gasteiger partial charge < -0.3 is 9.88 Å². The molecule has 0 bridgehead atoms. The zero-order valence-corrected chi connectivity index (χ0v) is 8.98. The fourth-order valence-corrected chi connectivity index (χ4v) is 1.63. The summed E-state index contributed by atoms with van der Waals surface area (Å²) < 4.78 is 0. The summed E-state index contributed by atoms with van der Waals surface area (Å²) in [7, 11) is 0. The third-order valence-electron chi connectivity index (χ3n) is 2.61. The number of aromatic nitrogens is 1. The SMILES string of the molecule is C=CCN(C(=O)c1ccc(=O)[nH]c1)C1CC1. The van der Waals surface area contributed by atoms with Crippen molar-refractivity contribution >= 4 is 5.91 Å². The summed E-state index contributed by atoms with van der Waals surface area (Å²) in [4.78, 5) is 27.3. The molecule has 16 heavy (non-hydrogen) atoms. The van der Waals surface area contributed by atoms with Gasteiger partial charge in [0, 0.05) is 24.8 Å². The summed E-state index contributed by atoms with van der Waals surface area (Å²) >= 11 is 0. The first kappa shape index (κ1) is 10.7. The lowest BCUT2D eigenvalue weighted by atomic mass is 10.2. The third kappa shape index (κ3) is 2.21. The highest BCUT2D eigenvalue weighted by molar-refractivity contribution is 5.94. The molecule has 1 saturated carbocycles. The highest BCUT2D eigenvalue weighted by atomic mass is 16.2. The molecule has 0 unspecified atom stereocenters. The van der Waals surface area contributed by atoms with Crippen LogP contribution in [0.25, 0.3) is 0 Å². The Hall–Kier alpha value is -1.84. The predicted octanol–water partition coefficient (Wildman–Crippen LogP) is 1.17. The first-order chi connectivity index (χ1) is 7.72. The van der Waals surface area contributed by atoms with Gasteiger partial charge in [0.15, 0.2) is 0 Å². The number of carbonyl (C=O) groups excluding carboxylic acids is 1. The first-order valence-electron chi connectivity index (χ1n) is 5.33. The molecule has 84 valence electrons. The Labute approximate surface area is 93.6 Å². The Bertz CT molecular complexity index is 440. The van der Waals surface area contributed by atoms with Crippen molar-refractivity contribution in [1.29, 1.82) is 0 Å². The quantitative estimate of drug-likeness (QED) is 0.771. The molecule has 1 aromatic rings. The number of pyridine rings is 1. The Kier molecular flexibility index (Phi) is 2.90. The predicted molar refractivity (Wildman–Crippen MR) is 61.3 cm³/mol. The van der Waals surface area contributed by atoms with Crippen LogP contribution in [-0.4, -0.2) is 28.4 Å². The molecule has 0 atom stereocenters. The Morgan fingerprint density at radius 1 is 1.56 bits per heavy atom. The van der Waals surface area contributed by atoms with Crippen molar-refractivity contribution in [2.75, 3.05) is 6.54 Å². The van der Waals surface area contributed by atoms with E-state index in [-0.39, 0.29) is 11.5 Å². The van der Waals surface area contributed by atoms with Gasteiger partial charge in [0.05, 0.1) is 5.56 Å². The van der Waals surface area contributed by atoms with Crippen LogP contribution in [0, 0.1) is 0 Å².